The number of amides is 2. The van der Waals surface area contributed by atoms with Crippen LogP contribution < -0.4 is 19.1 Å². The second kappa shape index (κ2) is 13.3. The summed E-state index contributed by atoms with van der Waals surface area (Å²) in [7, 11) is 0.409. The highest BCUT2D eigenvalue weighted by molar-refractivity contribution is 7.92. The summed E-state index contributed by atoms with van der Waals surface area (Å²) in [6.07, 6.45) is 1.21. The van der Waals surface area contributed by atoms with Crippen molar-refractivity contribution in [3.8, 4) is 11.5 Å². The molecule has 0 aliphatic carbocycles. The van der Waals surface area contributed by atoms with E-state index in [-0.39, 0.29) is 24.4 Å². The van der Waals surface area contributed by atoms with E-state index in [0.717, 1.165) is 16.1 Å². The summed E-state index contributed by atoms with van der Waals surface area (Å²) in [5, 5.41) is 3.05. The minimum Gasteiger partial charge on any atom is -0.497 e. The van der Waals surface area contributed by atoms with Crippen LogP contribution in [0.5, 0.6) is 11.5 Å². The Balaban J connectivity index is 2.07. The molecule has 1 N–H and O–H groups in total. The quantitative estimate of drug-likeness (QED) is 0.355. The average Bonchev–Trinajstić information content (AvgIpc) is 2.93. The number of carbonyl (C=O) groups excluding carboxylic acids is 2. The highest BCUT2D eigenvalue weighted by Gasteiger charge is 2.33. The van der Waals surface area contributed by atoms with Crippen molar-refractivity contribution in [3.63, 3.8) is 0 Å². The minimum absolute atomic E-state index is 0.0131. The van der Waals surface area contributed by atoms with Gasteiger partial charge in [0.05, 0.1) is 26.2 Å². The number of carbonyl (C=O) groups is 2. The first kappa shape index (κ1) is 29.8. The number of halogens is 1. The normalized spacial score (nSPS) is 11.8. The van der Waals surface area contributed by atoms with Crippen LogP contribution in [-0.2, 0) is 32.6 Å². The van der Waals surface area contributed by atoms with E-state index in [1.165, 1.54) is 38.3 Å². The Bertz CT molecular complexity index is 1400. The molecule has 0 aliphatic heterocycles. The van der Waals surface area contributed by atoms with Gasteiger partial charge in [-0.25, -0.2) is 8.42 Å². The van der Waals surface area contributed by atoms with Gasteiger partial charge in [0.25, 0.3) is 0 Å². The Labute approximate surface area is 234 Å². The summed E-state index contributed by atoms with van der Waals surface area (Å²) >= 11 is 6.42. The number of sulfonamides is 1. The molecule has 0 saturated heterocycles. The van der Waals surface area contributed by atoms with Crippen LogP contribution in [0.15, 0.2) is 72.8 Å². The summed E-state index contributed by atoms with van der Waals surface area (Å²) in [5.74, 6) is -0.328. The van der Waals surface area contributed by atoms with E-state index in [9.17, 15) is 18.0 Å². The molecule has 0 bridgehead atoms. The summed E-state index contributed by atoms with van der Waals surface area (Å²) in [6, 6.07) is 19.9. The third kappa shape index (κ3) is 7.64. The van der Waals surface area contributed by atoms with Crippen LogP contribution in [0, 0.1) is 0 Å². The number of methoxy groups -OCH3 is 2. The Kier molecular flexibility index (Phi) is 10.2. The van der Waals surface area contributed by atoms with Gasteiger partial charge in [-0.2, -0.15) is 0 Å². The lowest BCUT2D eigenvalue weighted by molar-refractivity contribution is -0.139. The first-order valence-electron chi connectivity index (χ1n) is 12.1. The number of rotatable bonds is 12. The van der Waals surface area contributed by atoms with Crippen molar-refractivity contribution in [1.82, 2.24) is 10.2 Å². The molecule has 0 radical (unpaired) electrons. The average molecular weight is 574 g/mol. The van der Waals surface area contributed by atoms with Crippen LogP contribution in [-0.4, -0.2) is 65.2 Å². The van der Waals surface area contributed by atoms with Gasteiger partial charge < -0.3 is 19.7 Å². The van der Waals surface area contributed by atoms with Gasteiger partial charge in [0.1, 0.15) is 24.1 Å². The molecular weight excluding hydrogens is 542 g/mol. The molecule has 9 nitrogen and oxygen atoms in total. The van der Waals surface area contributed by atoms with Crippen molar-refractivity contribution >= 4 is 39.1 Å². The van der Waals surface area contributed by atoms with Gasteiger partial charge in [0.2, 0.25) is 21.8 Å². The molecule has 39 heavy (non-hydrogen) atoms. The maximum absolute atomic E-state index is 14.0. The van der Waals surface area contributed by atoms with Crippen molar-refractivity contribution in [2.75, 3.05) is 38.4 Å². The van der Waals surface area contributed by atoms with Crippen molar-refractivity contribution in [2.45, 2.75) is 19.0 Å². The van der Waals surface area contributed by atoms with Gasteiger partial charge in [0.15, 0.2) is 0 Å². The monoisotopic (exact) mass is 573 g/mol. The number of benzene rings is 3. The van der Waals surface area contributed by atoms with Gasteiger partial charge in [-0.05, 0) is 29.3 Å². The fourth-order valence-corrected chi connectivity index (χ4v) is 5.17. The predicted octanol–water partition coefficient (Wildman–Crippen LogP) is 3.51. The topological polar surface area (TPSA) is 105 Å². The maximum Gasteiger partial charge on any atom is 0.244 e. The van der Waals surface area contributed by atoms with Crippen molar-refractivity contribution in [3.05, 3.63) is 88.9 Å². The van der Waals surface area contributed by atoms with E-state index in [4.69, 9.17) is 21.1 Å². The molecule has 0 spiro atoms. The predicted molar refractivity (Wildman–Crippen MR) is 152 cm³/mol. The summed E-state index contributed by atoms with van der Waals surface area (Å²) in [4.78, 5) is 28.5. The number of ether oxygens (including phenoxy) is 2. The van der Waals surface area contributed by atoms with Crippen LogP contribution in [0.4, 0.5) is 5.69 Å². The summed E-state index contributed by atoms with van der Waals surface area (Å²) in [5.41, 5.74) is 1.61. The largest absolute Gasteiger partial charge is 0.497 e. The van der Waals surface area contributed by atoms with Gasteiger partial charge in [-0.15, -0.1) is 0 Å². The molecule has 3 aromatic carbocycles. The highest BCUT2D eigenvalue weighted by Crippen LogP contribution is 2.34. The van der Waals surface area contributed by atoms with Crippen LogP contribution in [0.3, 0.4) is 0 Å². The lowest BCUT2D eigenvalue weighted by Gasteiger charge is -2.33. The van der Waals surface area contributed by atoms with Crippen LogP contribution >= 0.6 is 11.6 Å². The SMILES string of the molecule is CNC(=O)[C@H](Cc1ccccc1)N(Cc1ccccc1Cl)C(=O)CN(c1ccc(OC)cc1OC)S(C)(=O)=O. The van der Waals surface area contributed by atoms with E-state index in [2.05, 4.69) is 5.32 Å². The molecule has 0 aromatic heterocycles. The molecule has 0 aliphatic rings. The standard InChI is InChI=1S/C28H32ClN3O6S/c1-30-28(34)25(16-20-10-6-5-7-11-20)31(18-21-12-8-9-13-23(21)29)27(33)19-32(39(4,35)36)24-15-14-22(37-2)17-26(24)38-3/h5-15,17,25H,16,18-19H2,1-4H3,(H,30,34)/t25-/m0/s1. The highest BCUT2D eigenvalue weighted by atomic mass is 35.5. The number of nitrogens with zero attached hydrogens (tertiary/aromatic N) is 2. The Morgan fingerprint density at radius 2 is 1.64 bits per heavy atom. The smallest absolute Gasteiger partial charge is 0.244 e. The van der Waals surface area contributed by atoms with Crippen molar-refractivity contribution in [2.24, 2.45) is 0 Å². The van der Waals surface area contributed by atoms with E-state index in [1.807, 2.05) is 30.3 Å². The zero-order valence-electron chi connectivity index (χ0n) is 22.3. The third-order valence-electron chi connectivity index (χ3n) is 6.15. The molecule has 0 fully saturated rings. The fraction of sp³-hybridized carbons (Fsp3) is 0.286. The van der Waals surface area contributed by atoms with Gasteiger partial charge in [-0.1, -0.05) is 60.1 Å². The fourth-order valence-electron chi connectivity index (χ4n) is 4.12. The number of anilines is 1. The number of likely N-dealkylation sites (N-methyl/N-ethyl adjacent to an activating group) is 1. The zero-order valence-corrected chi connectivity index (χ0v) is 23.8. The first-order chi connectivity index (χ1) is 18.6. The molecule has 208 valence electrons. The van der Waals surface area contributed by atoms with E-state index in [0.29, 0.717) is 16.3 Å². The van der Waals surface area contributed by atoms with Gasteiger partial charge in [0, 0.05) is 31.1 Å². The van der Waals surface area contributed by atoms with Gasteiger partial charge >= 0.3 is 0 Å². The van der Waals surface area contributed by atoms with Crippen LogP contribution in [0.25, 0.3) is 0 Å². The van der Waals surface area contributed by atoms with Crippen LogP contribution in [0.2, 0.25) is 5.02 Å². The maximum atomic E-state index is 14.0. The third-order valence-corrected chi connectivity index (χ3v) is 7.65. The lowest BCUT2D eigenvalue weighted by Crippen LogP contribution is -2.53. The second-order valence-electron chi connectivity index (χ2n) is 8.74. The first-order valence-corrected chi connectivity index (χ1v) is 14.3. The zero-order chi connectivity index (χ0) is 28.6. The Hall–Kier alpha value is -3.76. The van der Waals surface area contributed by atoms with Gasteiger partial charge in [-0.3, -0.25) is 13.9 Å². The molecular formula is C28H32ClN3O6S. The number of nitrogens with one attached hydrogen (secondary N) is 1. The van der Waals surface area contributed by atoms with Crippen molar-refractivity contribution in [1.29, 1.82) is 0 Å². The van der Waals surface area contributed by atoms with Crippen molar-refractivity contribution < 1.29 is 27.5 Å². The summed E-state index contributed by atoms with van der Waals surface area (Å²) < 4.78 is 37.5. The molecule has 11 heteroatoms. The molecule has 0 heterocycles. The Morgan fingerprint density at radius 3 is 2.23 bits per heavy atom. The van der Waals surface area contributed by atoms with E-state index in [1.54, 1.807) is 30.3 Å². The lowest BCUT2D eigenvalue weighted by atomic mass is 10.0. The summed E-state index contributed by atoms with van der Waals surface area (Å²) in [6.45, 7) is -0.588. The van der Waals surface area contributed by atoms with E-state index < -0.39 is 34.4 Å². The Morgan fingerprint density at radius 1 is 0.974 bits per heavy atom. The second-order valence-corrected chi connectivity index (χ2v) is 11.1. The molecule has 2 amide bonds. The van der Waals surface area contributed by atoms with Crippen LogP contribution in [0.1, 0.15) is 11.1 Å². The van der Waals surface area contributed by atoms with E-state index >= 15 is 0 Å². The minimum atomic E-state index is -3.95. The molecule has 3 aromatic rings. The molecule has 3 rings (SSSR count). The molecule has 1 atom stereocenters. The number of hydrogen-bond acceptors (Lipinski definition) is 6. The molecule has 0 saturated carbocycles. The number of hydrogen-bond donors (Lipinski definition) is 1. The molecule has 0 unspecified atom stereocenters.